The third-order valence-corrected chi connectivity index (χ3v) is 4.77. The standard InChI is InChI=1S/C20H20N2O2S/c1-4-14-11-17(24-3)9-10-18(14)20(23)22-16-7-5-15(6-8-16)19-12-25-13(2)21-19/h5-12H,4H2,1-3H3,(H,22,23). The first kappa shape index (κ1) is 17.2. The van der Waals surface area contributed by atoms with E-state index >= 15 is 0 Å². The summed E-state index contributed by atoms with van der Waals surface area (Å²) in [7, 11) is 1.62. The number of anilines is 1. The van der Waals surface area contributed by atoms with Crippen molar-refractivity contribution < 1.29 is 9.53 Å². The van der Waals surface area contributed by atoms with Crippen molar-refractivity contribution in [3.05, 3.63) is 64.0 Å². The molecule has 3 rings (SSSR count). The van der Waals surface area contributed by atoms with E-state index in [0.29, 0.717) is 5.56 Å². The molecule has 25 heavy (non-hydrogen) atoms. The molecule has 0 saturated carbocycles. The maximum absolute atomic E-state index is 12.6. The molecule has 0 aliphatic carbocycles. The van der Waals surface area contributed by atoms with Crippen LogP contribution in [-0.2, 0) is 6.42 Å². The number of thiazole rings is 1. The van der Waals surface area contributed by atoms with Crippen molar-refractivity contribution >= 4 is 22.9 Å². The highest BCUT2D eigenvalue weighted by molar-refractivity contribution is 7.09. The second-order valence-corrected chi connectivity index (χ2v) is 6.72. The van der Waals surface area contributed by atoms with Gasteiger partial charge in [-0.3, -0.25) is 4.79 Å². The van der Waals surface area contributed by atoms with E-state index in [1.807, 2.05) is 55.6 Å². The molecule has 5 heteroatoms. The molecule has 0 atom stereocenters. The smallest absolute Gasteiger partial charge is 0.255 e. The molecule has 0 aliphatic heterocycles. The summed E-state index contributed by atoms with van der Waals surface area (Å²) < 4.78 is 5.23. The fourth-order valence-corrected chi connectivity index (χ4v) is 3.25. The van der Waals surface area contributed by atoms with Crippen LogP contribution in [0.2, 0.25) is 0 Å². The van der Waals surface area contributed by atoms with Crippen molar-refractivity contribution in [2.24, 2.45) is 0 Å². The minimum absolute atomic E-state index is 0.114. The molecule has 1 aromatic heterocycles. The minimum Gasteiger partial charge on any atom is -0.497 e. The maximum Gasteiger partial charge on any atom is 0.255 e. The molecular weight excluding hydrogens is 332 g/mol. The van der Waals surface area contributed by atoms with Crippen LogP contribution >= 0.6 is 11.3 Å². The zero-order valence-corrected chi connectivity index (χ0v) is 15.3. The Balaban J connectivity index is 1.77. The number of amides is 1. The van der Waals surface area contributed by atoms with E-state index in [9.17, 15) is 4.79 Å². The van der Waals surface area contributed by atoms with Crippen molar-refractivity contribution in [3.63, 3.8) is 0 Å². The summed E-state index contributed by atoms with van der Waals surface area (Å²) >= 11 is 1.63. The number of methoxy groups -OCH3 is 1. The summed E-state index contributed by atoms with van der Waals surface area (Å²) in [6, 6.07) is 13.3. The summed E-state index contributed by atoms with van der Waals surface area (Å²) in [5.74, 6) is 0.646. The molecule has 0 bridgehead atoms. The number of benzene rings is 2. The van der Waals surface area contributed by atoms with Gasteiger partial charge >= 0.3 is 0 Å². The van der Waals surface area contributed by atoms with Crippen LogP contribution in [0.25, 0.3) is 11.3 Å². The van der Waals surface area contributed by atoms with Gasteiger partial charge in [-0.25, -0.2) is 4.98 Å². The van der Waals surface area contributed by atoms with E-state index in [1.165, 1.54) is 0 Å². The third kappa shape index (κ3) is 3.88. The second-order valence-electron chi connectivity index (χ2n) is 5.66. The van der Waals surface area contributed by atoms with Gasteiger partial charge in [-0.15, -0.1) is 11.3 Å². The van der Waals surface area contributed by atoms with Gasteiger partial charge in [0.05, 0.1) is 17.8 Å². The van der Waals surface area contributed by atoms with Gasteiger partial charge in [0, 0.05) is 22.2 Å². The number of hydrogen-bond donors (Lipinski definition) is 1. The van der Waals surface area contributed by atoms with Crippen LogP contribution in [0.4, 0.5) is 5.69 Å². The van der Waals surface area contributed by atoms with Crippen LogP contribution in [0.1, 0.15) is 27.9 Å². The zero-order chi connectivity index (χ0) is 17.8. The Hall–Kier alpha value is -2.66. The van der Waals surface area contributed by atoms with E-state index in [0.717, 1.165) is 39.7 Å². The lowest BCUT2D eigenvalue weighted by molar-refractivity contribution is 0.102. The lowest BCUT2D eigenvalue weighted by atomic mass is 10.0. The number of carbonyl (C=O) groups excluding carboxylic acids is 1. The number of rotatable bonds is 5. The van der Waals surface area contributed by atoms with Crippen molar-refractivity contribution in [2.75, 3.05) is 12.4 Å². The Morgan fingerprint density at radius 2 is 1.96 bits per heavy atom. The van der Waals surface area contributed by atoms with Crippen LogP contribution in [-0.4, -0.2) is 18.0 Å². The van der Waals surface area contributed by atoms with Crippen LogP contribution in [0.3, 0.4) is 0 Å². The summed E-state index contributed by atoms with van der Waals surface area (Å²) in [5, 5.41) is 6.03. The van der Waals surface area contributed by atoms with Crippen LogP contribution < -0.4 is 10.1 Å². The predicted octanol–water partition coefficient (Wildman–Crippen LogP) is 4.94. The van der Waals surface area contributed by atoms with E-state index in [2.05, 4.69) is 10.3 Å². The molecule has 1 N–H and O–H groups in total. The second kappa shape index (κ2) is 7.49. The Labute approximate surface area is 151 Å². The van der Waals surface area contributed by atoms with E-state index in [1.54, 1.807) is 24.5 Å². The Kier molecular flexibility index (Phi) is 5.14. The number of nitrogens with zero attached hydrogens (tertiary/aromatic N) is 1. The van der Waals surface area contributed by atoms with E-state index < -0.39 is 0 Å². The summed E-state index contributed by atoms with van der Waals surface area (Å²) in [5.41, 5.74) is 4.40. The SMILES string of the molecule is CCc1cc(OC)ccc1C(=O)Nc1ccc(-c2csc(C)n2)cc1. The van der Waals surface area contributed by atoms with Crippen LogP contribution in [0.15, 0.2) is 47.8 Å². The number of hydrogen-bond acceptors (Lipinski definition) is 4. The first-order valence-corrected chi connectivity index (χ1v) is 8.99. The van der Waals surface area contributed by atoms with Crippen molar-refractivity contribution in [2.45, 2.75) is 20.3 Å². The number of carbonyl (C=O) groups is 1. The average molecular weight is 352 g/mol. The van der Waals surface area contributed by atoms with Gasteiger partial charge in [0.2, 0.25) is 0 Å². The fraction of sp³-hybridized carbons (Fsp3) is 0.200. The molecule has 1 amide bonds. The lowest BCUT2D eigenvalue weighted by Gasteiger charge is -2.11. The Morgan fingerprint density at radius 1 is 1.20 bits per heavy atom. The molecule has 3 aromatic rings. The van der Waals surface area contributed by atoms with Gasteiger partial charge < -0.3 is 10.1 Å². The van der Waals surface area contributed by atoms with Gasteiger partial charge in [-0.2, -0.15) is 0 Å². The quantitative estimate of drug-likeness (QED) is 0.707. The van der Waals surface area contributed by atoms with Gasteiger partial charge in [0.25, 0.3) is 5.91 Å². The van der Waals surface area contributed by atoms with Crippen molar-refractivity contribution in [3.8, 4) is 17.0 Å². The molecule has 0 saturated heterocycles. The molecule has 0 fully saturated rings. The highest BCUT2D eigenvalue weighted by Gasteiger charge is 2.12. The third-order valence-electron chi connectivity index (χ3n) is 4.00. The maximum atomic E-state index is 12.6. The molecule has 4 nitrogen and oxygen atoms in total. The molecule has 0 spiro atoms. The minimum atomic E-state index is -0.114. The number of ether oxygens (including phenoxy) is 1. The first-order chi connectivity index (χ1) is 12.1. The fourth-order valence-electron chi connectivity index (χ4n) is 2.63. The van der Waals surface area contributed by atoms with E-state index in [4.69, 9.17) is 4.74 Å². The zero-order valence-electron chi connectivity index (χ0n) is 14.5. The first-order valence-electron chi connectivity index (χ1n) is 8.11. The number of nitrogens with one attached hydrogen (secondary N) is 1. The lowest BCUT2D eigenvalue weighted by Crippen LogP contribution is -2.14. The van der Waals surface area contributed by atoms with Gasteiger partial charge in [-0.05, 0) is 49.2 Å². The normalized spacial score (nSPS) is 10.5. The molecular formula is C20H20N2O2S. The molecule has 0 aliphatic rings. The highest BCUT2D eigenvalue weighted by Crippen LogP contribution is 2.24. The summed E-state index contributed by atoms with van der Waals surface area (Å²) in [4.78, 5) is 17.1. The van der Waals surface area contributed by atoms with Crippen LogP contribution in [0, 0.1) is 6.92 Å². The van der Waals surface area contributed by atoms with Gasteiger partial charge in [0.15, 0.2) is 0 Å². The van der Waals surface area contributed by atoms with Crippen LogP contribution in [0.5, 0.6) is 5.75 Å². The van der Waals surface area contributed by atoms with Gasteiger partial charge in [-0.1, -0.05) is 19.1 Å². The number of aryl methyl sites for hydroxylation is 2. The largest absolute Gasteiger partial charge is 0.497 e. The molecule has 128 valence electrons. The number of aromatic nitrogens is 1. The Bertz CT molecular complexity index is 885. The average Bonchev–Trinajstić information content (AvgIpc) is 3.08. The van der Waals surface area contributed by atoms with Crippen molar-refractivity contribution in [1.29, 1.82) is 0 Å². The topological polar surface area (TPSA) is 51.2 Å². The summed E-state index contributed by atoms with van der Waals surface area (Å²) in [6.07, 6.45) is 0.766. The molecule has 1 heterocycles. The van der Waals surface area contributed by atoms with Gasteiger partial charge in [0.1, 0.15) is 5.75 Å². The predicted molar refractivity (Wildman–Crippen MR) is 103 cm³/mol. The van der Waals surface area contributed by atoms with E-state index in [-0.39, 0.29) is 5.91 Å². The highest BCUT2D eigenvalue weighted by atomic mass is 32.1. The molecule has 2 aromatic carbocycles. The van der Waals surface area contributed by atoms with Crippen molar-refractivity contribution in [1.82, 2.24) is 4.98 Å². The monoisotopic (exact) mass is 352 g/mol. The summed E-state index contributed by atoms with van der Waals surface area (Å²) in [6.45, 7) is 4.01. The Morgan fingerprint density at radius 3 is 2.56 bits per heavy atom. The molecule has 0 unspecified atom stereocenters. The molecule has 0 radical (unpaired) electrons.